The van der Waals surface area contributed by atoms with E-state index in [4.69, 9.17) is 5.73 Å². The highest BCUT2D eigenvalue weighted by Crippen LogP contribution is 2.22. The number of hydrogen-bond donors (Lipinski definition) is 1. The van der Waals surface area contributed by atoms with Crippen LogP contribution in [-0.2, 0) is 6.54 Å². The van der Waals surface area contributed by atoms with Crippen LogP contribution < -0.4 is 5.73 Å². The number of hydrogen-bond acceptors (Lipinski definition) is 4. The minimum absolute atomic E-state index is 0.189. The van der Waals surface area contributed by atoms with Gasteiger partial charge < -0.3 is 5.73 Å². The average Bonchev–Trinajstić information content (AvgIpc) is 2.76. The second-order valence-corrected chi connectivity index (χ2v) is 4.56. The van der Waals surface area contributed by atoms with E-state index in [-0.39, 0.29) is 6.04 Å². The minimum atomic E-state index is -0.719. The summed E-state index contributed by atoms with van der Waals surface area (Å²) in [5, 5.41) is 2.98. The molecule has 0 aromatic carbocycles. The second-order valence-electron chi connectivity index (χ2n) is 3.58. The topological polar surface area (TPSA) is 42.1 Å². The number of nitrogens with two attached hydrogens (primary N) is 1. The van der Waals surface area contributed by atoms with E-state index < -0.39 is 6.17 Å². The minimum Gasteiger partial charge on any atom is -0.329 e. The van der Waals surface area contributed by atoms with Crippen molar-refractivity contribution in [2.45, 2.75) is 25.2 Å². The molecule has 2 N–H and O–H groups in total. The molecule has 2 rings (SSSR count). The fourth-order valence-corrected chi connectivity index (χ4v) is 2.51. The van der Waals surface area contributed by atoms with Gasteiger partial charge in [-0.25, -0.2) is 9.37 Å². The van der Waals surface area contributed by atoms with Crippen LogP contribution in [0.4, 0.5) is 4.39 Å². The lowest BCUT2D eigenvalue weighted by Gasteiger charge is -2.20. The summed E-state index contributed by atoms with van der Waals surface area (Å²) >= 11 is 1.61. The third-order valence-electron chi connectivity index (χ3n) is 2.57. The van der Waals surface area contributed by atoms with Gasteiger partial charge in [-0.1, -0.05) is 0 Å². The lowest BCUT2D eigenvalue weighted by atomic mass is 10.2. The molecule has 1 aliphatic rings. The van der Waals surface area contributed by atoms with E-state index in [1.54, 1.807) is 17.5 Å². The Morgan fingerprint density at radius 2 is 2.57 bits per heavy atom. The monoisotopic (exact) mass is 215 g/mol. The highest BCUT2D eigenvalue weighted by atomic mass is 32.1. The van der Waals surface area contributed by atoms with Gasteiger partial charge in [0.2, 0.25) is 0 Å². The summed E-state index contributed by atoms with van der Waals surface area (Å²) in [6.45, 7) is 1.77. The van der Waals surface area contributed by atoms with Crippen LogP contribution >= 0.6 is 11.3 Å². The molecule has 0 radical (unpaired) electrons. The zero-order valence-corrected chi connectivity index (χ0v) is 8.71. The van der Waals surface area contributed by atoms with Crippen molar-refractivity contribution in [2.24, 2.45) is 5.73 Å². The zero-order valence-electron chi connectivity index (χ0n) is 7.90. The molecule has 1 saturated heterocycles. The Bertz CT molecular complexity index is 278. The SMILES string of the molecule is NCC1CC(F)CN1Cc1nccs1. The first-order chi connectivity index (χ1) is 6.79. The predicted octanol–water partition coefficient (Wildman–Crippen LogP) is 1.01. The number of aromatic nitrogens is 1. The Morgan fingerprint density at radius 3 is 3.21 bits per heavy atom. The molecule has 1 aromatic rings. The average molecular weight is 215 g/mol. The molecule has 0 aliphatic carbocycles. The second kappa shape index (κ2) is 4.33. The molecule has 0 amide bonds. The van der Waals surface area contributed by atoms with Crippen LogP contribution in [0.5, 0.6) is 0 Å². The fourth-order valence-electron chi connectivity index (χ4n) is 1.87. The van der Waals surface area contributed by atoms with E-state index in [0.717, 1.165) is 11.6 Å². The summed E-state index contributed by atoms with van der Waals surface area (Å²) in [5.41, 5.74) is 5.59. The predicted molar refractivity (Wildman–Crippen MR) is 54.9 cm³/mol. The zero-order chi connectivity index (χ0) is 9.97. The Balaban J connectivity index is 1.97. The van der Waals surface area contributed by atoms with Crippen molar-refractivity contribution in [3.8, 4) is 0 Å². The molecule has 0 spiro atoms. The van der Waals surface area contributed by atoms with Gasteiger partial charge in [-0.3, -0.25) is 4.90 Å². The van der Waals surface area contributed by atoms with Crippen molar-refractivity contribution in [3.05, 3.63) is 16.6 Å². The third kappa shape index (κ3) is 2.10. The maximum absolute atomic E-state index is 13.1. The molecule has 3 nitrogen and oxygen atoms in total. The molecular formula is C9H14FN3S. The van der Waals surface area contributed by atoms with Crippen molar-refractivity contribution in [2.75, 3.05) is 13.1 Å². The van der Waals surface area contributed by atoms with Gasteiger partial charge in [-0.05, 0) is 6.42 Å². The number of thiazole rings is 1. The number of halogens is 1. The smallest absolute Gasteiger partial charge is 0.114 e. The number of nitrogens with zero attached hydrogens (tertiary/aromatic N) is 2. The molecule has 0 bridgehead atoms. The third-order valence-corrected chi connectivity index (χ3v) is 3.34. The van der Waals surface area contributed by atoms with Gasteiger partial charge >= 0.3 is 0 Å². The first kappa shape index (κ1) is 10.0. The first-order valence-electron chi connectivity index (χ1n) is 4.76. The number of alkyl halides is 1. The number of likely N-dealkylation sites (tertiary alicyclic amines) is 1. The van der Waals surface area contributed by atoms with E-state index in [9.17, 15) is 4.39 Å². The Hall–Kier alpha value is -0.520. The summed E-state index contributed by atoms with van der Waals surface area (Å²) in [4.78, 5) is 6.27. The summed E-state index contributed by atoms with van der Waals surface area (Å²) in [6.07, 6.45) is 1.63. The van der Waals surface area contributed by atoms with Gasteiger partial charge in [0.05, 0.1) is 6.54 Å². The largest absolute Gasteiger partial charge is 0.329 e. The van der Waals surface area contributed by atoms with Gasteiger partial charge in [-0.2, -0.15) is 0 Å². The van der Waals surface area contributed by atoms with E-state index >= 15 is 0 Å². The van der Waals surface area contributed by atoms with Crippen LogP contribution in [0.1, 0.15) is 11.4 Å². The van der Waals surface area contributed by atoms with Gasteiger partial charge in [-0.15, -0.1) is 11.3 Å². The molecule has 1 aliphatic heterocycles. The Morgan fingerprint density at radius 1 is 1.71 bits per heavy atom. The molecule has 5 heteroatoms. The first-order valence-corrected chi connectivity index (χ1v) is 5.64. The lowest BCUT2D eigenvalue weighted by molar-refractivity contribution is 0.238. The van der Waals surface area contributed by atoms with Crippen LogP contribution in [0.3, 0.4) is 0 Å². The van der Waals surface area contributed by atoms with Gasteiger partial charge in [0.1, 0.15) is 11.2 Å². The molecule has 2 heterocycles. The number of rotatable bonds is 3. The van der Waals surface area contributed by atoms with Crippen LogP contribution in [0, 0.1) is 0 Å². The van der Waals surface area contributed by atoms with E-state index in [2.05, 4.69) is 9.88 Å². The van der Waals surface area contributed by atoms with Crippen molar-refractivity contribution in [3.63, 3.8) is 0 Å². The van der Waals surface area contributed by atoms with E-state index in [1.165, 1.54) is 0 Å². The summed E-state index contributed by atoms with van der Waals surface area (Å²) in [7, 11) is 0. The van der Waals surface area contributed by atoms with E-state index in [1.807, 2.05) is 5.38 Å². The van der Waals surface area contributed by atoms with Crippen molar-refractivity contribution >= 4 is 11.3 Å². The van der Waals surface area contributed by atoms with Crippen LogP contribution in [-0.4, -0.2) is 35.2 Å². The summed E-state index contributed by atoms with van der Waals surface area (Å²) < 4.78 is 13.1. The molecule has 78 valence electrons. The molecular weight excluding hydrogens is 201 g/mol. The van der Waals surface area contributed by atoms with E-state index in [0.29, 0.717) is 19.5 Å². The summed E-state index contributed by atoms with van der Waals surface area (Å²) in [6, 6.07) is 0.189. The summed E-state index contributed by atoms with van der Waals surface area (Å²) in [5.74, 6) is 0. The highest BCUT2D eigenvalue weighted by Gasteiger charge is 2.31. The Kier molecular flexibility index (Phi) is 3.10. The molecule has 14 heavy (non-hydrogen) atoms. The molecule has 2 unspecified atom stereocenters. The standard InChI is InChI=1S/C9H14FN3S/c10-7-3-8(4-11)13(5-7)6-9-12-1-2-14-9/h1-2,7-8H,3-6,11H2. The van der Waals surface area contributed by atoms with Gasteiger partial charge in [0.15, 0.2) is 0 Å². The molecule has 1 fully saturated rings. The van der Waals surface area contributed by atoms with Crippen LogP contribution in [0.15, 0.2) is 11.6 Å². The lowest BCUT2D eigenvalue weighted by Crippen LogP contribution is -2.34. The molecule has 2 atom stereocenters. The van der Waals surface area contributed by atoms with Gasteiger partial charge in [0, 0.05) is 30.7 Å². The maximum atomic E-state index is 13.1. The maximum Gasteiger partial charge on any atom is 0.114 e. The highest BCUT2D eigenvalue weighted by molar-refractivity contribution is 7.09. The molecule has 0 saturated carbocycles. The van der Waals surface area contributed by atoms with Crippen LogP contribution in [0.2, 0.25) is 0 Å². The van der Waals surface area contributed by atoms with Crippen molar-refractivity contribution in [1.82, 2.24) is 9.88 Å². The fraction of sp³-hybridized carbons (Fsp3) is 0.667. The van der Waals surface area contributed by atoms with Crippen molar-refractivity contribution < 1.29 is 4.39 Å². The molecule has 1 aromatic heterocycles. The van der Waals surface area contributed by atoms with Crippen LogP contribution in [0.25, 0.3) is 0 Å². The Labute approximate surface area is 86.7 Å². The van der Waals surface area contributed by atoms with Gasteiger partial charge in [0.25, 0.3) is 0 Å². The quantitative estimate of drug-likeness (QED) is 0.818. The van der Waals surface area contributed by atoms with Crippen molar-refractivity contribution in [1.29, 1.82) is 0 Å². The normalized spacial score (nSPS) is 28.4.